The topological polar surface area (TPSA) is 52.5 Å². The van der Waals surface area contributed by atoms with Crippen LogP contribution in [0.2, 0.25) is 0 Å². The second-order valence-electron chi connectivity index (χ2n) is 4.59. The quantitative estimate of drug-likeness (QED) is 0.758. The van der Waals surface area contributed by atoms with E-state index in [1.165, 1.54) is 6.42 Å². The fourth-order valence-corrected chi connectivity index (χ4v) is 2.28. The molecule has 2 rings (SSSR count). The van der Waals surface area contributed by atoms with Gasteiger partial charge in [0, 0.05) is 24.3 Å². The van der Waals surface area contributed by atoms with E-state index in [4.69, 9.17) is 5.11 Å². The van der Waals surface area contributed by atoms with E-state index in [1.54, 1.807) is 6.07 Å². The van der Waals surface area contributed by atoms with Crippen LogP contribution in [-0.4, -0.2) is 22.4 Å². The Bertz CT molecular complexity index is 353. The molecule has 0 atom stereocenters. The SMILES string of the molecule is Cl.OCCC1(NCc2ccccc2O)CCC1. The summed E-state index contributed by atoms with van der Waals surface area (Å²) in [5, 5.41) is 22.1. The molecule has 1 fully saturated rings. The minimum atomic E-state index is 0. The summed E-state index contributed by atoms with van der Waals surface area (Å²) in [7, 11) is 0. The van der Waals surface area contributed by atoms with Crippen molar-refractivity contribution in [3.05, 3.63) is 29.8 Å². The summed E-state index contributed by atoms with van der Waals surface area (Å²) in [6.07, 6.45) is 4.29. The van der Waals surface area contributed by atoms with E-state index in [1.807, 2.05) is 18.2 Å². The summed E-state index contributed by atoms with van der Waals surface area (Å²) in [5.41, 5.74) is 1.03. The van der Waals surface area contributed by atoms with Crippen LogP contribution in [0.4, 0.5) is 0 Å². The van der Waals surface area contributed by atoms with Gasteiger partial charge in [-0.05, 0) is 31.7 Å². The van der Waals surface area contributed by atoms with Crippen LogP contribution in [0, 0.1) is 0 Å². The van der Waals surface area contributed by atoms with Gasteiger partial charge >= 0.3 is 0 Å². The van der Waals surface area contributed by atoms with Gasteiger partial charge in [-0.3, -0.25) is 0 Å². The molecule has 0 saturated heterocycles. The first-order valence-electron chi connectivity index (χ1n) is 5.88. The lowest BCUT2D eigenvalue weighted by atomic mass is 9.74. The summed E-state index contributed by atoms with van der Waals surface area (Å²) < 4.78 is 0. The molecule has 3 N–H and O–H groups in total. The van der Waals surface area contributed by atoms with Gasteiger partial charge in [0.2, 0.25) is 0 Å². The number of rotatable bonds is 5. The van der Waals surface area contributed by atoms with Gasteiger partial charge in [0.1, 0.15) is 5.75 Å². The van der Waals surface area contributed by atoms with Crippen molar-refractivity contribution in [2.24, 2.45) is 0 Å². The summed E-state index contributed by atoms with van der Waals surface area (Å²) in [5.74, 6) is 0.341. The summed E-state index contributed by atoms with van der Waals surface area (Å²) >= 11 is 0. The molecule has 0 aliphatic heterocycles. The lowest BCUT2D eigenvalue weighted by molar-refractivity contribution is 0.129. The lowest BCUT2D eigenvalue weighted by Gasteiger charge is -2.42. The van der Waals surface area contributed by atoms with E-state index in [-0.39, 0.29) is 24.6 Å². The maximum atomic E-state index is 9.64. The highest BCUT2D eigenvalue weighted by Crippen LogP contribution is 2.35. The maximum Gasteiger partial charge on any atom is 0.120 e. The molecule has 1 aliphatic rings. The van der Waals surface area contributed by atoms with Crippen molar-refractivity contribution in [3.8, 4) is 5.75 Å². The Morgan fingerprint density at radius 1 is 1.24 bits per heavy atom. The highest BCUT2D eigenvalue weighted by atomic mass is 35.5. The Kier molecular flexibility index (Phi) is 5.25. The Morgan fingerprint density at radius 3 is 2.47 bits per heavy atom. The number of phenols is 1. The van der Waals surface area contributed by atoms with Gasteiger partial charge in [-0.15, -0.1) is 12.4 Å². The number of hydrogen-bond donors (Lipinski definition) is 3. The minimum absolute atomic E-state index is 0. The van der Waals surface area contributed by atoms with Gasteiger partial charge in [-0.2, -0.15) is 0 Å². The van der Waals surface area contributed by atoms with Crippen LogP contribution in [0.1, 0.15) is 31.2 Å². The molecule has 0 unspecified atom stereocenters. The first-order chi connectivity index (χ1) is 7.76. The molecule has 4 heteroatoms. The van der Waals surface area contributed by atoms with Crippen molar-refractivity contribution < 1.29 is 10.2 Å². The molecule has 96 valence electrons. The molecule has 0 spiro atoms. The fraction of sp³-hybridized carbons (Fsp3) is 0.538. The second kappa shape index (κ2) is 6.24. The zero-order valence-electron chi connectivity index (χ0n) is 9.85. The smallest absolute Gasteiger partial charge is 0.120 e. The first-order valence-corrected chi connectivity index (χ1v) is 5.88. The van der Waals surface area contributed by atoms with E-state index < -0.39 is 0 Å². The number of aromatic hydroxyl groups is 1. The number of benzene rings is 1. The molecule has 1 aliphatic carbocycles. The van der Waals surface area contributed by atoms with Crippen molar-refractivity contribution >= 4 is 12.4 Å². The second-order valence-corrected chi connectivity index (χ2v) is 4.59. The van der Waals surface area contributed by atoms with Crippen LogP contribution < -0.4 is 5.32 Å². The standard InChI is InChI=1S/C13H19NO2.ClH/c15-9-8-13(6-3-7-13)14-10-11-4-1-2-5-12(11)16;/h1-2,4-5,14-16H,3,6-10H2;1H. The fourth-order valence-electron chi connectivity index (χ4n) is 2.28. The molecule has 1 saturated carbocycles. The Labute approximate surface area is 108 Å². The highest BCUT2D eigenvalue weighted by Gasteiger charge is 2.35. The van der Waals surface area contributed by atoms with Crippen LogP contribution >= 0.6 is 12.4 Å². The normalized spacial score (nSPS) is 17.0. The van der Waals surface area contributed by atoms with Gasteiger partial charge in [0.05, 0.1) is 0 Å². The largest absolute Gasteiger partial charge is 0.508 e. The summed E-state index contributed by atoms with van der Waals surface area (Å²) in [6.45, 7) is 0.903. The lowest BCUT2D eigenvalue weighted by Crippen LogP contribution is -2.51. The number of hydrogen-bond acceptors (Lipinski definition) is 3. The minimum Gasteiger partial charge on any atom is -0.508 e. The Balaban J connectivity index is 0.00000144. The average Bonchev–Trinajstić information content (AvgIpc) is 2.24. The highest BCUT2D eigenvalue weighted by molar-refractivity contribution is 5.85. The number of nitrogens with one attached hydrogen (secondary N) is 1. The van der Waals surface area contributed by atoms with Crippen LogP contribution in [0.25, 0.3) is 0 Å². The van der Waals surface area contributed by atoms with Crippen LogP contribution in [0.3, 0.4) is 0 Å². The van der Waals surface area contributed by atoms with Gasteiger partial charge in [-0.25, -0.2) is 0 Å². The van der Waals surface area contributed by atoms with E-state index >= 15 is 0 Å². The van der Waals surface area contributed by atoms with Gasteiger partial charge < -0.3 is 15.5 Å². The molecule has 1 aromatic carbocycles. The van der Waals surface area contributed by atoms with E-state index in [0.717, 1.165) is 24.8 Å². The number of halogens is 1. The van der Waals surface area contributed by atoms with Crippen LogP contribution in [0.15, 0.2) is 24.3 Å². The summed E-state index contributed by atoms with van der Waals surface area (Å²) in [4.78, 5) is 0. The van der Waals surface area contributed by atoms with Crippen LogP contribution in [-0.2, 0) is 6.54 Å². The zero-order chi connectivity index (χ0) is 11.4. The van der Waals surface area contributed by atoms with E-state index in [2.05, 4.69) is 5.32 Å². The third-order valence-electron chi connectivity index (χ3n) is 3.55. The Hall–Kier alpha value is -0.770. The molecule has 0 heterocycles. The van der Waals surface area contributed by atoms with Gasteiger partial charge in [-0.1, -0.05) is 18.2 Å². The Morgan fingerprint density at radius 2 is 1.94 bits per heavy atom. The third-order valence-corrected chi connectivity index (χ3v) is 3.55. The molecule has 17 heavy (non-hydrogen) atoms. The predicted octanol–water partition coefficient (Wildman–Crippen LogP) is 2.21. The van der Waals surface area contributed by atoms with Crippen molar-refractivity contribution in [3.63, 3.8) is 0 Å². The monoisotopic (exact) mass is 257 g/mol. The van der Waals surface area contributed by atoms with Crippen molar-refractivity contribution in [2.45, 2.75) is 37.8 Å². The van der Waals surface area contributed by atoms with Crippen molar-refractivity contribution in [2.75, 3.05) is 6.61 Å². The average molecular weight is 258 g/mol. The number of aliphatic hydroxyl groups excluding tert-OH is 1. The maximum absolute atomic E-state index is 9.64. The molecule has 0 amide bonds. The van der Waals surface area contributed by atoms with Crippen molar-refractivity contribution in [1.82, 2.24) is 5.32 Å². The van der Waals surface area contributed by atoms with Crippen molar-refractivity contribution in [1.29, 1.82) is 0 Å². The van der Waals surface area contributed by atoms with Crippen LogP contribution in [0.5, 0.6) is 5.75 Å². The van der Waals surface area contributed by atoms with Gasteiger partial charge in [0.15, 0.2) is 0 Å². The van der Waals surface area contributed by atoms with Gasteiger partial charge in [0.25, 0.3) is 0 Å². The van der Waals surface area contributed by atoms with E-state index in [0.29, 0.717) is 12.3 Å². The number of aliphatic hydroxyl groups is 1. The predicted molar refractivity (Wildman–Crippen MR) is 70.5 cm³/mol. The number of phenolic OH excluding ortho intramolecular Hbond substituents is 1. The molecular formula is C13H20ClNO2. The van der Waals surface area contributed by atoms with E-state index in [9.17, 15) is 5.11 Å². The molecule has 0 radical (unpaired) electrons. The molecular weight excluding hydrogens is 238 g/mol. The molecule has 0 aromatic heterocycles. The molecule has 0 bridgehead atoms. The summed E-state index contributed by atoms with van der Waals surface area (Å²) in [6, 6.07) is 7.38. The zero-order valence-corrected chi connectivity index (χ0v) is 10.7. The molecule has 3 nitrogen and oxygen atoms in total. The third kappa shape index (κ3) is 3.35. The first kappa shape index (κ1) is 14.3. The number of para-hydroxylation sites is 1. The molecule has 1 aromatic rings.